The first-order valence-corrected chi connectivity index (χ1v) is 5.69. The Kier molecular flexibility index (Phi) is 5.19. The zero-order valence-electron chi connectivity index (χ0n) is 10.2. The molecule has 3 N–H and O–H groups in total. The van der Waals surface area contributed by atoms with E-state index in [1.54, 1.807) is 6.92 Å². The Bertz CT molecular complexity index is 524. The molecule has 98 valence electrons. The van der Waals surface area contributed by atoms with Crippen molar-refractivity contribution in [3.8, 4) is 0 Å². The summed E-state index contributed by atoms with van der Waals surface area (Å²) in [6, 6.07) is 7.34. The zero-order chi connectivity index (χ0) is 12.3. The van der Waals surface area contributed by atoms with E-state index in [9.17, 15) is 4.79 Å². The molecule has 0 bridgehead atoms. The molecule has 1 atom stereocenters. The minimum atomic E-state index is -0.603. The van der Waals surface area contributed by atoms with Crippen LogP contribution >= 0.6 is 12.4 Å². The molecule has 2 rings (SSSR count). The van der Waals surface area contributed by atoms with Gasteiger partial charge in [-0.2, -0.15) is 0 Å². The minimum Gasteiger partial charge on any atom is -0.465 e. The first kappa shape index (κ1) is 14.5. The molecule has 1 heterocycles. The van der Waals surface area contributed by atoms with E-state index in [1.165, 1.54) is 0 Å². The van der Waals surface area contributed by atoms with Gasteiger partial charge >= 0.3 is 5.97 Å². The number of rotatable bonds is 4. The molecule has 4 nitrogen and oxygen atoms in total. The lowest BCUT2D eigenvalue weighted by molar-refractivity contribution is -0.144. The summed E-state index contributed by atoms with van der Waals surface area (Å²) in [5.41, 5.74) is 7.89. The molecular formula is C13H17ClN2O2. The predicted octanol–water partition coefficient (Wildman–Crippen LogP) is 2.02. The third-order valence-corrected chi connectivity index (χ3v) is 2.70. The lowest BCUT2D eigenvalue weighted by Crippen LogP contribution is -2.34. The van der Waals surface area contributed by atoms with E-state index < -0.39 is 6.04 Å². The van der Waals surface area contributed by atoms with Crippen molar-refractivity contribution in [2.24, 2.45) is 5.73 Å². The number of halogens is 1. The van der Waals surface area contributed by atoms with Crippen molar-refractivity contribution in [2.45, 2.75) is 19.4 Å². The second-order valence-corrected chi connectivity index (χ2v) is 3.92. The minimum absolute atomic E-state index is 0. The third kappa shape index (κ3) is 3.03. The lowest BCUT2D eigenvalue weighted by atomic mass is 10.1. The SMILES string of the molecule is CCOC(=O)[C@H](N)Cc1c[nH]c2ccccc12.Cl. The van der Waals surface area contributed by atoms with E-state index in [1.807, 2.05) is 30.5 Å². The highest BCUT2D eigenvalue weighted by atomic mass is 35.5. The summed E-state index contributed by atoms with van der Waals surface area (Å²) in [6.07, 6.45) is 2.38. The number of nitrogens with one attached hydrogen (secondary N) is 1. The van der Waals surface area contributed by atoms with Gasteiger partial charge in [-0.3, -0.25) is 4.79 Å². The molecule has 0 aliphatic rings. The van der Waals surface area contributed by atoms with Crippen molar-refractivity contribution in [2.75, 3.05) is 6.61 Å². The van der Waals surface area contributed by atoms with Crippen LogP contribution < -0.4 is 5.73 Å². The summed E-state index contributed by atoms with van der Waals surface area (Å²) in [5, 5.41) is 1.10. The molecule has 1 aromatic heterocycles. The van der Waals surface area contributed by atoms with Crippen LogP contribution in [0.2, 0.25) is 0 Å². The molecule has 0 unspecified atom stereocenters. The Morgan fingerprint density at radius 2 is 2.17 bits per heavy atom. The van der Waals surface area contributed by atoms with Crippen LogP contribution in [0.4, 0.5) is 0 Å². The summed E-state index contributed by atoms with van der Waals surface area (Å²) in [6.45, 7) is 2.14. The van der Waals surface area contributed by atoms with Crippen LogP contribution in [0.1, 0.15) is 12.5 Å². The number of carbonyl (C=O) groups excluding carboxylic acids is 1. The summed E-state index contributed by atoms with van der Waals surface area (Å²) in [4.78, 5) is 14.6. The lowest BCUT2D eigenvalue weighted by Gasteiger charge is -2.09. The van der Waals surface area contributed by atoms with Gasteiger partial charge in [-0.05, 0) is 18.6 Å². The first-order chi connectivity index (χ1) is 8.22. The molecule has 2 aromatic rings. The van der Waals surface area contributed by atoms with E-state index >= 15 is 0 Å². The number of H-pyrrole nitrogens is 1. The Balaban J connectivity index is 0.00000162. The number of para-hydroxylation sites is 1. The second-order valence-electron chi connectivity index (χ2n) is 3.92. The number of nitrogens with two attached hydrogens (primary N) is 1. The third-order valence-electron chi connectivity index (χ3n) is 2.70. The fourth-order valence-corrected chi connectivity index (χ4v) is 1.87. The highest BCUT2D eigenvalue weighted by Gasteiger charge is 2.16. The van der Waals surface area contributed by atoms with E-state index in [0.717, 1.165) is 16.5 Å². The van der Waals surface area contributed by atoms with Gasteiger partial charge in [-0.1, -0.05) is 18.2 Å². The fourth-order valence-electron chi connectivity index (χ4n) is 1.87. The van der Waals surface area contributed by atoms with Crippen LogP contribution in [0.5, 0.6) is 0 Å². The number of fused-ring (bicyclic) bond motifs is 1. The van der Waals surface area contributed by atoms with Gasteiger partial charge in [0, 0.05) is 23.5 Å². The van der Waals surface area contributed by atoms with Crippen molar-refractivity contribution < 1.29 is 9.53 Å². The molecule has 0 radical (unpaired) electrons. The van der Waals surface area contributed by atoms with Crippen molar-refractivity contribution in [1.29, 1.82) is 0 Å². The Morgan fingerprint density at radius 3 is 2.89 bits per heavy atom. The van der Waals surface area contributed by atoms with Crippen molar-refractivity contribution in [3.63, 3.8) is 0 Å². The van der Waals surface area contributed by atoms with Crippen LogP contribution in [0.25, 0.3) is 10.9 Å². The Labute approximate surface area is 112 Å². The predicted molar refractivity (Wildman–Crippen MR) is 73.9 cm³/mol. The van der Waals surface area contributed by atoms with Gasteiger partial charge in [0.25, 0.3) is 0 Å². The van der Waals surface area contributed by atoms with Crippen molar-refractivity contribution >= 4 is 29.3 Å². The van der Waals surface area contributed by atoms with Crippen LogP contribution in [-0.2, 0) is 16.0 Å². The monoisotopic (exact) mass is 268 g/mol. The zero-order valence-corrected chi connectivity index (χ0v) is 11.0. The quantitative estimate of drug-likeness (QED) is 0.834. The van der Waals surface area contributed by atoms with E-state index in [2.05, 4.69) is 4.98 Å². The molecule has 5 heteroatoms. The normalized spacial score (nSPS) is 11.9. The molecule has 1 aromatic carbocycles. The first-order valence-electron chi connectivity index (χ1n) is 5.69. The van der Waals surface area contributed by atoms with Crippen LogP contribution in [0.3, 0.4) is 0 Å². The summed E-state index contributed by atoms with van der Waals surface area (Å²) < 4.78 is 4.89. The van der Waals surface area contributed by atoms with E-state index in [-0.39, 0.29) is 18.4 Å². The van der Waals surface area contributed by atoms with Crippen LogP contribution in [0, 0.1) is 0 Å². The molecule has 18 heavy (non-hydrogen) atoms. The maximum atomic E-state index is 11.4. The summed E-state index contributed by atoms with van der Waals surface area (Å²) in [7, 11) is 0. The van der Waals surface area contributed by atoms with Gasteiger partial charge in [0.1, 0.15) is 6.04 Å². The topological polar surface area (TPSA) is 68.1 Å². The average Bonchev–Trinajstić information content (AvgIpc) is 2.73. The summed E-state index contributed by atoms with van der Waals surface area (Å²) in [5.74, 6) is -0.349. The second kappa shape index (κ2) is 6.42. The van der Waals surface area contributed by atoms with Crippen molar-refractivity contribution in [3.05, 3.63) is 36.0 Å². The van der Waals surface area contributed by atoms with E-state index in [4.69, 9.17) is 10.5 Å². The molecule has 0 saturated heterocycles. The Hall–Kier alpha value is -1.52. The van der Waals surface area contributed by atoms with Gasteiger partial charge in [-0.15, -0.1) is 12.4 Å². The van der Waals surface area contributed by atoms with E-state index in [0.29, 0.717) is 13.0 Å². The molecule has 0 aliphatic carbocycles. The van der Waals surface area contributed by atoms with Crippen LogP contribution in [-0.4, -0.2) is 23.6 Å². The van der Waals surface area contributed by atoms with Gasteiger partial charge < -0.3 is 15.5 Å². The largest absolute Gasteiger partial charge is 0.465 e. The van der Waals surface area contributed by atoms with Gasteiger partial charge in [-0.25, -0.2) is 0 Å². The molecule has 0 saturated carbocycles. The smallest absolute Gasteiger partial charge is 0.323 e. The Morgan fingerprint density at radius 1 is 1.44 bits per heavy atom. The maximum absolute atomic E-state index is 11.4. The van der Waals surface area contributed by atoms with Crippen LogP contribution in [0.15, 0.2) is 30.5 Å². The van der Waals surface area contributed by atoms with Gasteiger partial charge in [0.2, 0.25) is 0 Å². The molecule has 0 amide bonds. The summed E-state index contributed by atoms with van der Waals surface area (Å²) >= 11 is 0. The van der Waals surface area contributed by atoms with Gasteiger partial charge in [0.05, 0.1) is 6.61 Å². The number of aromatic amines is 1. The number of ether oxygens (including phenoxy) is 1. The highest BCUT2D eigenvalue weighted by Crippen LogP contribution is 2.18. The number of esters is 1. The molecule has 0 aliphatic heterocycles. The number of benzene rings is 1. The fraction of sp³-hybridized carbons (Fsp3) is 0.308. The molecule has 0 spiro atoms. The standard InChI is InChI=1S/C13H16N2O2.ClH/c1-2-17-13(16)11(14)7-9-8-15-12-6-4-3-5-10(9)12;/h3-6,8,11,15H,2,7,14H2,1H3;1H/t11-;/m1./s1. The average molecular weight is 269 g/mol. The van der Waals surface area contributed by atoms with Crippen molar-refractivity contribution in [1.82, 2.24) is 4.98 Å². The molecular weight excluding hydrogens is 252 g/mol. The maximum Gasteiger partial charge on any atom is 0.323 e. The number of hydrogen-bond donors (Lipinski definition) is 2. The number of hydrogen-bond acceptors (Lipinski definition) is 3. The van der Waals surface area contributed by atoms with Gasteiger partial charge in [0.15, 0.2) is 0 Å². The highest BCUT2D eigenvalue weighted by molar-refractivity contribution is 5.85. The number of carbonyl (C=O) groups is 1. The molecule has 0 fully saturated rings. The number of aromatic nitrogens is 1.